The van der Waals surface area contributed by atoms with Crippen molar-refractivity contribution in [2.45, 2.75) is 6.54 Å². The first-order valence-corrected chi connectivity index (χ1v) is 3.83. The number of nitrogens with zero attached hydrogens (tertiary/aromatic N) is 3. The van der Waals surface area contributed by atoms with Crippen LogP contribution in [0.1, 0.15) is 5.56 Å². The van der Waals surface area contributed by atoms with E-state index in [2.05, 4.69) is 10.0 Å². The third-order valence-corrected chi connectivity index (χ3v) is 1.67. The van der Waals surface area contributed by atoms with Crippen LogP contribution in [0.25, 0.3) is 10.4 Å². The Hall–Kier alpha value is 0.0213. The van der Waals surface area contributed by atoms with Crippen LogP contribution in [0.15, 0.2) is 29.4 Å². The van der Waals surface area contributed by atoms with E-state index < -0.39 is 12.4 Å². The smallest absolute Gasteiger partial charge is 0.445 e. The summed E-state index contributed by atoms with van der Waals surface area (Å²) in [5.74, 6) is 0. The fraction of sp³-hybridized carbons (Fsp3) is 0.143. The molecule has 0 saturated heterocycles. The Morgan fingerprint density at radius 2 is 1.73 bits per heavy atom. The SMILES string of the molecule is [K+].[N-]=[N+]=NCc1ccc([B-](F)(F)F)cc1. The van der Waals surface area contributed by atoms with E-state index in [0.717, 1.165) is 12.1 Å². The summed E-state index contributed by atoms with van der Waals surface area (Å²) in [6, 6.07) is 4.59. The molecule has 0 atom stereocenters. The number of benzene rings is 1. The fourth-order valence-electron chi connectivity index (χ4n) is 0.955. The molecule has 1 rings (SSSR count). The monoisotopic (exact) mass is 239 g/mol. The summed E-state index contributed by atoms with van der Waals surface area (Å²) in [7, 11) is 0. The molecule has 0 unspecified atom stereocenters. The third kappa shape index (κ3) is 5.05. The Morgan fingerprint density at radius 1 is 1.20 bits per heavy atom. The number of hydrogen-bond acceptors (Lipinski definition) is 1. The maximum absolute atomic E-state index is 12.2. The Labute approximate surface area is 127 Å². The van der Waals surface area contributed by atoms with Gasteiger partial charge in [-0.3, -0.25) is 0 Å². The first kappa shape index (κ1) is 15.0. The number of rotatable bonds is 3. The van der Waals surface area contributed by atoms with E-state index in [9.17, 15) is 12.9 Å². The summed E-state index contributed by atoms with van der Waals surface area (Å²) in [6.45, 7) is -4.87. The molecule has 1 aromatic carbocycles. The molecule has 74 valence electrons. The van der Waals surface area contributed by atoms with Crippen molar-refractivity contribution in [3.8, 4) is 0 Å². The van der Waals surface area contributed by atoms with Crippen molar-refractivity contribution in [3.63, 3.8) is 0 Å². The van der Waals surface area contributed by atoms with Gasteiger partial charge in [-0.15, -0.1) is 5.46 Å². The van der Waals surface area contributed by atoms with Gasteiger partial charge >= 0.3 is 58.4 Å². The van der Waals surface area contributed by atoms with E-state index >= 15 is 0 Å². The van der Waals surface area contributed by atoms with E-state index in [4.69, 9.17) is 5.53 Å². The van der Waals surface area contributed by atoms with Crippen LogP contribution in [0, 0.1) is 0 Å². The quantitative estimate of drug-likeness (QED) is 0.297. The number of azide groups is 1. The third-order valence-electron chi connectivity index (χ3n) is 1.67. The van der Waals surface area contributed by atoms with Crippen molar-refractivity contribution < 1.29 is 64.3 Å². The normalized spacial score (nSPS) is 10.1. The topological polar surface area (TPSA) is 48.8 Å². The zero-order valence-electron chi connectivity index (χ0n) is 8.07. The molecule has 0 heterocycles. The van der Waals surface area contributed by atoms with Gasteiger partial charge in [0.25, 0.3) is 0 Å². The first-order chi connectivity index (χ1) is 6.54. The summed E-state index contributed by atoms with van der Waals surface area (Å²) in [6.07, 6.45) is 0. The second-order valence-corrected chi connectivity index (χ2v) is 2.71. The van der Waals surface area contributed by atoms with Gasteiger partial charge in [-0.1, -0.05) is 29.4 Å². The second-order valence-electron chi connectivity index (χ2n) is 2.71. The van der Waals surface area contributed by atoms with Gasteiger partial charge in [-0.2, -0.15) is 0 Å². The van der Waals surface area contributed by atoms with E-state index in [1.807, 2.05) is 0 Å². The van der Waals surface area contributed by atoms with Crippen molar-refractivity contribution in [3.05, 3.63) is 40.3 Å². The van der Waals surface area contributed by atoms with Gasteiger partial charge in [0.2, 0.25) is 0 Å². The standard InChI is InChI=1S/C7H6BF3N3.K/c9-8(10,11)7-3-1-6(2-4-7)5-13-14-12;/h1-4H,5H2;/q-1;+1. The van der Waals surface area contributed by atoms with Crippen molar-refractivity contribution in [1.29, 1.82) is 0 Å². The van der Waals surface area contributed by atoms with E-state index in [1.54, 1.807) is 0 Å². The second kappa shape index (κ2) is 6.57. The van der Waals surface area contributed by atoms with Crippen LogP contribution < -0.4 is 56.8 Å². The fourth-order valence-corrected chi connectivity index (χ4v) is 0.955. The molecule has 0 fully saturated rings. The molecular formula is C7H6BF3KN3. The van der Waals surface area contributed by atoms with Gasteiger partial charge in [0.1, 0.15) is 0 Å². The maximum Gasteiger partial charge on any atom is 1.00 e. The van der Waals surface area contributed by atoms with Crippen LogP contribution in [-0.2, 0) is 6.54 Å². The Kier molecular flexibility index (Phi) is 6.58. The molecule has 3 nitrogen and oxygen atoms in total. The molecule has 0 N–H and O–H groups in total. The average molecular weight is 239 g/mol. The maximum atomic E-state index is 12.2. The van der Waals surface area contributed by atoms with Crippen LogP contribution in [0.5, 0.6) is 0 Å². The predicted octanol–water partition coefficient (Wildman–Crippen LogP) is -0.445. The van der Waals surface area contributed by atoms with Crippen LogP contribution >= 0.6 is 0 Å². The van der Waals surface area contributed by atoms with Gasteiger partial charge in [0.15, 0.2) is 0 Å². The molecule has 0 aliphatic heterocycles. The van der Waals surface area contributed by atoms with Gasteiger partial charge in [0.05, 0.1) is 6.54 Å². The minimum Gasteiger partial charge on any atom is -0.445 e. The van der Waals surface area contributed by atoms with E-state index in [1.165, 1.54) is 12.1 Å². The molecule has 8 heteroatoms. The van der Waals surface area contributed by atoms with Crippen molar-refractivity contribution in [1.82, 2.24) is 0 Å². The van der Waals surface area contributed by atoms with Crippen molar-refractivity contribution in [2.75, 3.05) is 0 Å². The van der Waals surface area contributed by atoms with E-state index in [0.29, 0.717) is 5.56 Å². The van der Waals surface area contributed by atoms with Crippen molar-refractivity contribution >= 4 is 12.4 Å². The van der Waals surface area contributed by atoms with Crippen LogP contribution in [-0.4, -0.2) is 6.98 Å². The molecule has 0 aliphatic carbocycles. The predicted molar refractivity (Wildman–Crippen MR) is 48.0 cm³/mol. The molecule has 0 spiro atoms. The van der Waals surface area contributed by atoms with Crippen LogP contribution in [0.2, 0.25) is 0 Å². The summed E-state index contributed by atoms with van der Waals surface area (Å²) >= 11 is 0. The first-order valence-electron chi connectivity index (χ1n) is 3.83. The molecule has 0 bridgehead atoms. The summed E-state index contributed by atoms with van der Waals surface area (Å²) in [5.41, 5.74) is 7.91. The number of hydrogen-bond donors (Lipinski definition) is 0. The largest absolute Gasteiger partial charge is 1.00 e. The summed E-state index contributed by atoms with van der Waals surface area (Å²) in [5, 5.41) is 3.24. The molecule has 0 aliphatic rings. The van der Waals surface area contributed by atoms with Gasteiger partial charge < -0.3 is 12.9 Å². The van der Waals surface area contributed by atoms with Gasteiger partial charge in [-0.05, 0) is 11.1 Å². The Bertz CT molecular complexity index is 359. The summed E-state index contributed by atoms with van der Waals surface area (Å²) in [4.78, 5) is 2.51. The Balaban J connectivity index is 0.00000196. The Morgan fingerprint density at radius 3 is 2.13 bits per heavy atom. The molecule has 1 aromatic rings. The van der Waals surface area contributed by atoms with Gasteiger partial charge in [0, 0.05) is 4.91 Å². The van der Waals surface area contributed by atoms with Crippen LogP contribution in [0.4, 0.5) is 12.9 Å². The summed E-state index contributed by atoms with van der Waals surface area (Å²) < 4.78 is 36.5. The zero-order valence-corrected chi connectivity index (χ0v) is 11.2. The molecule has 0 radical (unpaired) electrons. The average Bonchev–Trinajstić information content (AvgIpc) is 2.14. The van der Waals surface area contributed by atoms with Crippen molar-refractivity contribution in [2.24, 2.45) is 5.11 Å². The molecular weight excluding hydrogens is 233 g/mol. The molecule has 15 heavy (non-hydrogen) atoms. The minimum absolute atomic E-state index is 0. The molecule has 0 aromatic heterocycles. The zero-order chi connectivity index (χ0) is 10.6. The van der Waals surface area contributed by atoms with E-state index in [-0.39, 0.29) is 57.9 Å². The van der Waals surface area contributed by atoms with Crippen LogP contribution in [0.3, 0.4) is 0 Å². The molecule has 0 amide bonds. The number of halogens is 3. The van der Waals surface area contributed by atoms with Gasteiger partial charge in [-0.25, -0.2) is 0 Å². The minimum atomic E-state index is -4.94. The molecule has 0 saturated carbocycles.